The minimum atomic E-state index is -0.823. The molecule has 0 saturated carbocycles. The van der Waals surface area contributed by atoms with Crippen LogP contribution in [0.2, 0.25) is 0 Å². The molecule has 0 spiro atoms. The van der Waals surface area contributed by atoms with Gasteiger partial charge in [-0.15, -0.1) is 0 Å². The largest absolute Gasteiger partial charge is 0.426 e. The van der Waals surface area contributed by atoms with E-state index < -0.39 is 11.3 Å². The molecule has 0 radical (unpaired) electrons. The lowest BCUT2D eigenvalue weighted by Crippen LogP contribution is -2.33. The van der Waals surface area contributed by atoms with E-state index in [4.69, 9.17) is 9.47 Å². The van der Waals surface area contributed by atoms with Crippen LogP contribution in [0.5, 0.6) is 11.5 Å². The van der Waals surface area contributed by atoms with E-state index in [-0.39, 0.29) is 11.9 Å². The molecule has 2 aromatic rings. The molecule has 30 heavy (non-hydrogen) atoms. The second-order valence-electron chi connectivity index (χ2n) is 9.25. The summed E-state index contributed by atoms with van der Waals surface area (Å²) in [5.74, 6) is 0.706. The van der Waals surface area contributed by atoms with Crippen LogP contribution in [0.3, 0.4) is 0 Å². The summed E-state index contributed by atoms with van der Waals surface area (Å²) in [6.45, 7) is 13.8. The topological polar surface area (TPSA) is 52.6 Å². The number of hydrogen-bond acceptors (Lipinski definition) is 4. The van der Waals surface area contributed by atoms with Crippen LogP contribution in [0.4, 0.5) is 0 Å². The molecule has 0 bridgehead atoms. The molecule has 0 aliphatic heterocycles. The third-order valence-corrected chi connectivity index (χ3v) is 5.29. The summed E-state index contributed by atoms with van der Waals surface area (Å²) in [7, 11) is 0. The van der Waals surface area contributed by atoms with Crippen molar-refractivity contribution in [2.24, 2.45) is 11.3 Å². The van der Waals surface area contributed by atoms with Gasteiger partial charge in [-0.25, -0.2) is 0 Å². The molecule has 0 aliphatic rings. The number of ether oxygens (including phenoxy) is 2. The summed E-state index contributed by atoms with van der Waals surface area (Å²) in [6, 6.07) is 15.1. The fourth-order valence-corrected chi connectivity index (χ4v) is 3.24. The zero-order valence-electron chi connectivity index (χ0n) is 19.2. The minimum absolute atomic E-state index is 0.332. The van der Waals surface area contributed by atoms with Gasteiger partial charge in [0.25, 0.3) is 0 Å². The Morgan fingerprint density at radius 1 is 0.733 bits per heavy atom. The van der Waals surface area contributed by atoms with Crippen molar-refractivity contribution in [2.45, 2.75) is 66.7 Å². The minimum Gasteiger partial charge on any atom is -0.426 e. The van der Waals surface area contributed by atoms with E-state index in [0.717, 1.165) is 0 Å². The van der Waals surface area contributed by atoms with Crippen molar-refractivity contribution in [3.63, 3.8) is 0 Å². The van der Waals surface area contributed by atoms with Gasteiger partial charge in [0, 0.05) is 0 Å². The van der Waals surface area contributed by atoms with Crippen LogP contribution in [-0.2, 0) is 9.59 Å². The molecule has 1 unspecified atom stereocenters. The van der Waals surface area contributed by atoms with E-state index in [1.807, 2.05) is 36.4 Å². The van der Waals surface area contributed by atoms with Gasteiger partial charge in [0.05, 0.1) is 11.3 Å². The normalized spacial score (nSPS) is 12.7. The van der Waals surface area contributed by atoms with E-state index in [2.05, 4.69) is 27.7 Å². The smallest absolute Gasteiger partial charge is 0.316 e. The van der Waals surface area contributed by atoms with Crippen molar-refractivity contribution in [1.29, 1.82) is 0 Å². The fraction of sp³-hybridized carbons (Fsp3) is 0.462. The molecule has 4 heteroatoms. The molecule has 1 atom stereocenters. The van der Waals surface area contributed by atoms with Gasteiger partial charge in [-0.1, -0.05) is 58.9 Å². The Bertz CT molecular complexity index is 846. The van der Waals surface area contributed by atoms with Crippen LogP contribution in [0.1, 0.15) is 77.8 Å². The molecule has 2 rings (SSSR count). The third kappa shape index (κ3) is 6.45. The molecule has 0 fully saturated rings. The standard InChI is InChI=1S/C26H34O4/c1-17(2)20-8-12-22(13-9-20)29-24(27)19(5)16-26(6,7)25(28)30-23-14-10-21(11-15-23)18(3)4/h8-15,17-19H,16H2,1-7H3. The summed E-state index contributed by atoms with van der Waals surface area (Å²) < 4.78 is 11.1. The van der Waals surface area contributed by atoms with Crippen LogP contribution in [0, 0.1) is 11.3 Å². The van der Waals surface area contributed by atoms with Crippen molar-refractivity contribution < 1.29 is 19.1 Å². The van der Waals surface area contributed by atoms with Crippen LogP contribution in [0.25, 0.3) is 0 Å². The van der Waals surface area contributed by atoms with E-state index >= 15 is 0 Å². The molecule has 4 nitrogen and oxygen atoms in total. The third-order valence-electron chi connectivity index (χ3n) is 5.29. The molecule has 0 aromatic heterocycles. The maximum atomic E-state index is 12.7. The number of benzene rings is 2. The summed E-state index contributed by atoms with van der Waals surface area (Å²) >= 11 is 0. The maximum absolute atomic E-state index is 12.7. The number of carbonyl (C=O) groups is 2. The van der Waals surface area contributed by atoms with E-state index in [1.165, 1.54) is 11.1 Å². The van der Waals surface area contributed by atoms with Gasteiger partial charge in [-0.2, -0.15) is 0 Å². The highest BCUT2D eigenvalue weighted by Gasteiger charge is 2.34. The summed E-state index contributed by atoms with van der Waals surface area (Å²) in [5.41, 5.74) is 1.55. The lowest BCUT2D eigenvalue weighted by molar-refractivity contribution is -0.147. The first-order valence-corrected chi connectivity index (χ1v) is 10.6. The molecular formula is C26H34O4. The summed E-state index contributed by atoms with van der Waals surface area (Å²) in [5, 5.41) is 0. The van der Waals surface area contributed by atoms with Crippen molar-refractivity contribution in [2.75, 3.05) is 0 Å². The highest BCUT2D eigenvalue weighted by atomic mass is 16.5. The van der Waals surface area contributed by atoms with Crippen molar-refractivity contribution >= 4 is 11.9 Å². The zero-order chi connectivity index (χ0) is 22.5. The van der Waals surface area contributed by atoms with E-state index in [9.17, 15) is 9.59 Å². The summed E-state index contributed by atoms with van der Waals surface area (Å²) in [6.07, 6.45) is 0.332. The van der Waals surface area contributed by atoms with Gasteiger partial charge in [0.15, 0.2) is 0 Å². The molecular weight excluding hydrogens is 376 g/mol. The maximum Gasteiger partial charge on any atom is 0.316 e. The SMILES string of the molecule is CC(CC(C)(C)C(=O)Oc1ccc(C(C)C)cc1)C(=O)Oc1ccc(C(C)C)cc1. The van der Waals surface area contributed by atoms with Crippen LogP contribution in [0.15, 0.2) is 48.5 Å². The Kier molecular flexibility index (Phi) is 7.83. The first kappa shape index (κ1) is 23.7. The van der Waals surface area contributed by atoms with Crippen LogP contribution < -0.4 is 9.47 Å². The lowest BCUT2D eigenvalue weighted by atomic mass is 9.83. The molecule has 0 N–H and O–H groups in total. The highest BCUT2D eigenvalue weighted by molar-refractivity contribution is 5.80. The van der Waals surface area contributed by atoms with Crippen molar-refractivity contribution in [3.8, 4) is 11.5 Å². The quantitative estimate of drug-likeness (QED) is 0.368. The number of rotatable bonds is 8. The second kappa shape index (κ2) is 9.92. The number of esters is 2. The Hall–Kier alpha value is -2.62. The predicted molar refractivity (Wildman–Crippen MR) is 120 cm³/mol. The molecule has 162 valence electrons. The summed E-state index contributed by atoms with van der Waals surface area (Å²) in [4.78, 5) is 25.2. The molecule has 2 aromatic carbocycles. The van der Waals surface area contributed by atoms with Gasteiger partial charge in [0.2, 0.25) is 0 Å². The first-order chi connectivity index (χ1) is 14.0. The van der Waals surface area contributed by atoms with Gasteiger partial charge < -0.3 is 9.47 Å². The van der Waals surface area contributed by atoms with Gasteiger partial charge in [-0.3, -0.25) is 9.59 Å². The van der Waals surface area contributed by atoms with E-state index in [0.29, 0.717) is 29.8 Å². The molecule has 0 saturated heterocycles. The average Bonchev–Trinajstić information content (AvgIpc) is 2.68. The van der Waals surface area contributed by atoms with Gasteiger partial charge >= 0.3 is 11.9 Å². The Labute approximate surface area is 180 Å². The van der Waals surface area contributed by atoms with Crippen molar-refractivity contribution in [1.82, 2.24) is 0 Å². The molecule has 0 amide bonds. The van der Waals surface area contributed by atoms with Crippen LogP contribution >= 0.6 is 0 Å². The van der Waals surface area contributed by atoms with Gasteiger partial charge in [-0.05, 0) is 67.5 Å². The Morgan fingerprint density at radius 3 is 1.53 bits per heavy atom. The van der Waals surface area contributed by atoms with Crippen molar-refractivity contribution in [3.05, 3.63) is 59.7 Å². The Morgan fingerprint density at radius 2 is 1.13 bits per heavy atom. The van der Waals surface area contributed by atoms with E-state index in [1.54, 1.807) is 32.9 Å². The second-order valence-corrected chi connectivity index (χ2v) is 9.25. The Balaban J connectivity index is 1.95. The zero-order valence-corrected chi connectivity index (χ0v) is 19.2. The first-order valence-electron chi connectivity index (χ1n) is 10.6. The monoisotopic (exact) mass is 410 g/mol. The fourth-order valence-electron chi connectivity index (χ4n) is 3.24. The number of hydrogen-bond donors (Lipinski definition) is 0. The lowest BCUT2D eigenvalue weighted by Gasteiger charge is -2.25. The number of carbonyl (C=O) groups excluding carboxylic acids is 2. The highest BCUT2D eigenvalue weighted by Crippen LogP contribution is 2.30. The van der Waals surface area contributed by atoms with Gasteiger partial charge in [0.1, 0.15) is 11.5 Å². The molecule has 0 heterocycles. The molecule has 0 aliphatic carbocycles. The average molecular weight is 411 g/mol. The van der Waals surface area contributed by atoms with Crippen LogP contribution in [-0.4, -0.2) is 11.9 Å². The predicted octanol–water partition coefficient (Wildman–Crippen LogP) is 6.50.